The fraction of sp³-hybridized carbons (Fsp3) is 0.667. The van der Waals surface area contributed by atoms with Crippen molar-refractivity contribution < 1.29 is 15.3 Å². The number of rotatable bonds is 6. The van der Waals surface area contributed by atoms with Crippen molar-refractivity contribution in [2.45, 2.75) is 53.4 Å². The molecule has 0 saturated carbocycles. The smallest absolute Gasteiger partial charge is 0.141 e. The third-order valence-electron chi connectivity index (χ3n) is 3.13. The summed E-state index contributed by atoms with van der Waals surface area (Å²) in [4.78, 5) is 4.01. The first-order chi connectivity index (χ1) is 9.24. The fourth-order valence-electron chi connectivity index (χ4n) is 2.16. The van der Waals surface area contributed by atoms with Gasteiger partial charge >= 0.3 is 0 Å². The summed E-state index contributed by atoms with van der Waals surface area (Å²) in [5, 5.41) is 32.3. The Balaban J connectivity index is 2.60. The van der Waals surface area contributed by atoms with Crippen molar-refractivity contribution in [2.75, 3.05) is 6.54 Å². The standard InChI is InChI=1S/C15H26N2O3/c1-10-14(20)13(11(9-18)6-17-10)8-16-7-12(19)5-15(2,3)4/h6,12,16,18-20H,5,7-9H2,1-4H3. The molecule has 0 radical (unpaired) electrons. The van der Waals surface area contributed by atoms with Crippen molar-refractivity contribution >= 4 is 0 Å². The zero-order valence-corrected chi connectivity index (χ0v) is 12.8. The van der Waals surface area contributed by atoms with E-state index in [4.69, 9.17) is 0 Å². The molecule has 114 valence electrons. The molecule has 1 unspecified atom stereocenters. The van der Waals surface area contributed by atoms with Gasteiger partial charge in [-0.25, -0.2) is 0 Å². The quantitative estimate of drug-likeness (QED) is 0.635. The Hall–Kier alpha value is -1.17. The molecule has 0 aliphatic rings. The summed E-state index contributed by atoms with van der Waals surface area (Å²) in [7, 11) is 0. The van der Waals surface area contributed by atoms with Gasteiger partial charge in [0.05, 0.1) is 18.4 Å². The molecule has 0 fully saturated rings. The summed E-state index contributed by atoms with van der Waals surface area (Å²) in [6.07, 6.45) is 1.84. The highest BCUT2D eigenvalue weighted by atomic mass is 16.3. The van der Waals surface area contributed by atoms with Gasteiger partial charge in [-0.3, -0.25) is 4.98 Å². The van der Waals surface area contributed by atoms with E-state index in [0.29, 0.717) is 36.3 Å². The van der Waals surface area contributed by atoms with E-state index >= 15 is 0 Å². The summed E-state index contributed by atoms with van der Waals surface area (Å²) < 4.78 is 0. The van der Waals surface area contributed by atoms with Gasteiger partial charge in [-0.2, -0.15) is 0 Å². The van der Waals surface area contributed by atoms with Gasteiger partial charge in [0, 0.05) is 30.4 Å². The lowest BCUT2D eigenvalue weighted by Crippen LogP contribution is -2.30. The van der Waals surface area contributed by atoms with Crippen molar-refractivity contribution in [3.63, 3.8) is 0 Å². The third-order valence-corrected chi connectivity index (χ3v) is 3.13. The van der Waals surface area contributed by atoms with Crippen LogP contribution in [0.1, 0.15) is 44.0 Å². The summed E-state index contributed by atoms with van der Waals surface area (Å²) in [6, 6.07) is 0. The lowest BCUT2D eigenvalue weighted by Gasteiger charge is -2.22. The molecule has 0 spiro atoms. The second kappa shape index (κ2) is 7.02. The number of hydrogen-bond acceptors (Lipinski definition) is 5. The van der Waals surface area contributed by atoms with Crippen molar-refractivity contribution in [1.82, 2.24) is 10.3 Å². The number of aliphatic hydroxyl groups excluding tert-OH is 2. The first kappa shape index (κ1) is 16.9. The van der Waals surface area contributed by atoms with Crippen LogP contribution in [-0.2, 0) is 13.2 Å². The van der Waals surface area contributed by atoms with E-state index in [1.807, 2.05) is 0 Å². The van der Waals surface area contributed by atoms with Crippen LogP contribution in [0.3, 0.4) is 0 Å². The molecule has 1 heterocycles. The van der Waals surface area contributed by atoms with Crippen LogP contribution in [-0.4, -0.2) is 33.0 Å². The Labute approximate surface area is 120 Å². The van der Waals surface area contributed by atoms with Gasteiger partial charge in [-0.1, -0.05) is 20.8 Å². The summed E-state index contributed by atoms with van der Waals surface area (Å²) in [5.74, 6) is 0.106. The monoisotopic (exact) mass is 282 g/mol. The van der Waals surface area contributed by atoms with E-state index in [2.05, 4.69) is 31.1 Å². The predicted octanol–water partition coefficient (Wildman–Crippen LogP) is 1.47. The van der Waals surface area contributed by atoms with E-state index < -0.39 is 6.10 Å². The number of nitrogens with zero attached hydrogens (tertiary/aromatic N) is 1. The molecular formula is C15H26N2O3. The molecule has 5 nitrogen and oxygen atoms in total. The zero-order valence-electron chi connectivity index (χ0n) is 12.8. The van der Waals surface area contributed by atoms with E-state index in [1.165, 1.54) is 0 Å². The number of nitrogens with one attached hydrogen (secondary N) is 1. The van der Waals surface area contributed by atoms with Gasteiger partial charge in [0.25, 0.3) is 0 Å². The van der Waals surface area contributed by atoms with E-state index in [9.17, 15) is 15.3 Å². The Kier molecular flexibility index (Phi) is 5.92. The van der Waals surface area contributed by atoms with Crippen molar-refractivity contribution in [1.29, 1.82) is 0 Å². The van der Waals surface area contributed by atoms with Crippen molar-refractivity contribution in [3.8, 4) is 5.75 Å². The molecule has 5 heteroatoms. The highest BCUT2D eigenvalue weighted by molar-refractivity contribution is 5.40. The number of aromatic hydroxyl groups is 1. The largest absolute Gasteiger partial charge is 0.506 e. The predicted molar refractivity (Wildman–Crippen MR) is 78.3 cm³/mol. The lowest BCUT2D eigenvalue weighted by molar-refractivity contribution is 0.119. The molecule has 0 aliphatic heterocycles. The fourth-order valence-corrected chi connectivity index (χ4v) is 2.16. The van der Waals surface area contributed by atoms with Crippen LogP contribution in [0.4, 0.5) is 0 Å². The highest BCUT2D eigenvalue weighted by Gasteiger charge is 2.17. The minimum Gasteiger partial charge on any atom is -0.506 e. The lowest BCUT2D eigenvalue weighted by atomic mass is 9.89. The van der Waals surface area contributed by atoms with Gasteiger partial charge < -0.3 is 20.6 Å². The first-order valence-electron chi connectivity index (χ1n) is 6.90. The number of hydrogen-bond donors (Lipinski definition) is 4. The molecular weight excluding hydrogens is 256 g/mol. The van der Waals surface area contributed by atoms with Crippen LogP contribution in [0.2, 0.25) is 0 Å². The van der Waals surface area contributed by atoms with Crippen LogP contribution < -0.4 is 5.32 Å². The average Bonchev–Trinajstić information content (AvgIpc) is 2.32. The maximum Gasteiger partial charge on any atom is 0.141 e. The highest BCUT2D eigenvalue weighted by Crippen LogP contribution is 2.24. The van der Waals surface area contributed by atoms with Gasteiger partial charge in [0.1, 0.15) is 5.75 Å². The van der Waals surface area contributed by atoms with E-state index in [1.54, 1.807) is 13.1 Å². The van der Waals surface area contributed by atoms with Crippen LogP contribution in [0.5, 0.6) is 5.75 Å². The first-order valence-corrected chi connectivity index (χ1v) is 6.90. The molecule has 0 amide bonds. The Morgan fingerprint density at radius 3 is 2.55 bits per heavy atom. The van der Waals surface area contributed by atoms with E-state index in [-0.39, 0.29) is 17.8 Å². The second-order valence-electron chi connectivity index (χ2n) is 6.40. The molecule has 1 rings (SSSR count). The molecule has 0 bridgehead atoms. The van der Waals surface area contributed by atoms with Crippen LogP contribution >= 0.6 is 0 Å². The van der Waals surface area contributed by atoms with Gasteiger partial charge in [0.2, 0.25) is 0 Å². The van der Waals surface area contributed by atoms with Gasteiger partial charge in [0.15, 0.2) is 0 Å². The molecule has 1 aromatic heterocycles. The van der Waals surface area contributed by atoms with E-state index in [0.717, 1.165) is 0 Å². The van der Waals surface area contributed by atoms with Crippen molar-refractivity contribution in [2.24, 2.45) is 5.41 Å². The number of aliphatic hydroxyl groups is 2. The Bertz CT molecular complexity index is 441. The average molecular weight is 282 g/mol. The molecule has 0 aromatic carbocycles. The minimum absolute atomic E-state index is 0.0761. The minimum atomic E-state index is -0.433. The SMILES string of the molecule is Cc1ncc(CO)c(CNCC(O)CC(C)(C)C)c1O. The van der Waals surface area contributed by atoms with Crippen LogP contribution in [0, 0.1) is 12.3 Å². The van der Waals surface area contributed by atoms with Gasteiger partial charge in [-0.05, 0) is 18.8 Å². The molecule has 0 aliphatic carbocycles. The Morgan fingerprint density at radius 1 is 1.35 bits per heavy atom. The Morgan fingerprint density at radius 2 is 2.00 bits per heavy atom. The van der Waals surface area contributed by atoms with Crippen LogP contribution in [0.25, 0.3) is 0 Å². The number of aryl methyl sites for hydroxylation is 1. The second-order valence-corrected chi connectivity index (χ2v) is 6.40. The number of pyridine rings is 1. The maximum absolute atomic E-state index is 9.99. The maximum atomic E-state index is 9.99. The summed E-state index contributed by atoms with van der Waals surface area (Å²) in [6.45, 7) is 8.64. The molecule has 1 aromatic rings. The molecule has 0 saturated heterocycles. The third kappa shape index (κ3) is 5.07. The van der Waals surface area contributed by atoms with Crippen LogP contribution in [0.15, 0.2) is 6.20 Å². The summed E-state index contributed by atoms with van der Waals surface area (Å²) >= 11 is 0. The molecule has 1 atom stereocenters. The molecule has 4 N–H and O–H groups in total. The van der Waals surface area contributed by atoms with Crippen molar-refractivity contribution in [3.05, 3.63) is 23.0 Å². The molecule has 20 heavy (non-hydrogen) atoms. The van der Waals surface area contributed by atoms with Gasteiger partial charge in [-0.15, -0.1) is 0 Å². The normalized spacial score (nSPS) is 13.5. The zero-order chi connectivity index (χ0) is 15.3. The summed E-state index contributed by atoms with van der Waals surface area (Å²) in [5.41, 5.74) is 1.86. The topological polar surface area (TPSA) is 85.6 Å². The number of aromatic nitrogens is 1.